The average molecular weight is 359 g/mol. The summed E-state index contributed by atoms with van der Waals surface area (Å²) in [7, 11) is 0. The molecular weight excluding hydrogens is 340 g/mol. The first-order valence-corrected chi connectivity index (χ1v) is 7.98. The van der Waals surface area contributed by atoms with E-state index in [4.69, 9.17) is 0 Å². The molecule has 0 bridgehead atoms. The summed E-state index contributed by atoms with van der Waals surface area (Å²) in [6, 6.07) is 15.4. The van der Waals surface area contributed by atoms with Crippen LogP contribution in [0.1, 0.15) is 35.3 Å². The summed E-state index contributed by atoms with van der Waals surface area (Å²) < 4.78 is 0.913. The van der Waals surface area contributed by atoms with Gasteiger partial charge in [-0.05, 0) is 36.1 Å². The molecule has 0 radical (unpaired) electrons. The van der Waals surface area contributed by atoms with Crippen molar-refractivity contribution >= 4 is 27.5 Å². The van der Waals surface area contributed by atoms with Crippen molar-refractivity contribution in [1.82, 2.24) is 5.43 Å². The fourth-order valence-electron chi connectivity index (χ4n) is 2.05. The predicted octanol–water partition coefficient (Wildman–Crippen LogP) is 4.55. The molecule has 0 heterocycles. The van der Waals surface area contributed by atoms with Crippen LogP contribution >= 0.6 is 15.9 Å². The topological polar surface area (TPSA) is 41.5 Å². The molecule has 1 N–H and O–H groups in total. The lowest BCUT2D eigenvalue weighted by molar-refractivity contribution is 0.0954. The van der Waals surface area contributed by atoms with Gasteiger partial charge in [0.2, 0.25) is 0 Å². The highest BCUT2D eigenvalue weighted by molar-refractivity contribution is 9.10. The van der Waals surface area contributed by atoms with Crippen molar-refractivity contribution in [3.63, 3.8) is 0 Å². The highest BCUT2D eigenvalue weighted by Crippen LogP contribution is 2.17. The quantitative estimate of drug-likeness (QED) is 0.632. The molecule has 0 unspecified atom stereocenters. The molecule has 0 fully saturated rings. The smallest absolute Gasteiger partial charge is 0.267 e. The number of aryl methyl sites for hydroxylation is 1. The van der Waals surface area contributed by atoms with E-state index in [0.717, 1.165) is 21.3 Å². The van der Waals surface area contributed by atoms with Gasteiger partial charge in [-0.3, -0.25) is 4.79 Å². The fraction of sp³-hybridized carbons (Fsp3) is 0.222. The van der Waals surface area contributed by atoms with Crippen LogP contribution in [0.4, 0.5) is 0 Å². The molecule has 22 heavy (non-hydrogen) atoms. The summed E-state index contributed by atoms with van der Waals surface area (Å²) in [6.07, 6.45) is 0. The maximum absolute atomic E-state index is 12.2. The van der Waals surface area contributed by atoms with Crippen LogP contribution in [0, 0.1) is 12.8 Å². The Morgan fingerprint density at radius 1 is 1.09 bits per heavy atom. The second-order valence-electron chi connectivity index (χ2n) is 5.42. The van der Waals surface area contributed by atoms with Gasteiger partial charge in [-0.25, -0.2) is 5.43 Å². The van der Waals surface area contributed by atoms with E-state index in [1.54, 1.807) is 12.1 Å². The van der Waals surface area contributed by atoms with E-state index < -0.39 is 0 Å². The summed E-state index contributed by atoms with van der Waals surface area (Å²) >= 11 is 3.44. The maximum Gasteiger partial charge on any atom is 0.271 e. The number of hydrazone groups is 1. The Hall–Kier alpha value is -1.94. The highest BCUT2D eigenvalue weighted by Gasteiger charge is 2.11. The third-order valence-corrected chi connectivity index (χ3v) is 4.18. The molecule has 0 aliphatic rings. The van der Waals surface area contributed by atoms with Crippen LogP contribution in [0.25, 0.3) is 0 Å². The normalized spacial score (nSPS) is 11.6. The fourth-order valence-corrected chi connectivity index (χ4v) is 2.42. The summed E-state index contributed by atoms with van der Waals surface area (Å²) in [5.74, 6) is 0.00207. The van der Waals surface area contributed by atoms with Gasteiger partial charge in [0, 0.05) is 10.0 Å². The molecule has 0 aliphatic carbocycles. The first-order valence-electron chi connectivity index (χ1n) is 7.18. The summed E-state index contributed by atoms with van der Waals surface area (Å²) in [6.45, 7) is 6.09. The number of rotatable bonds is 4. The van der Waals surface area contributed by atoms with Gasteiger partial charge >= 0.3 is 0 Å². The van der Waals surface area contributed by atoms with E-state index in [-0.39, 0.29) is 11.8 Å². The highest BCUT2D eigenvalue weighted by atomic mass is 79.9. The van der Waals surface area contributed by atoms with Crippen LogP contribution in [0.3, 0.4) is 0 Å². The van der Waals surface area contributed by atoms with Crippen molar-refractivity contribution in [2.75, 3.05) is 0 Å². The van der Waals surface area contributed by atoms with Crippen molar-refractivity contribution in [2.24, 2.45) is 11.0 Å². The van der Waals surface area contributed by atoms with Crippen molar-refractivity contribution in [3.05, 3.63) is 69.7 Å². The van der Waals surface area contributed by atoms with E-state index in [9.17, 15) is 4.79 Å². The van der Waals surface area contributed by atoms with Gasteiger partial charge in [0.25, 0.3) is 5.91 Å². The monoisotopic (exact) mass is 358 g/mol. The van der Waals surface area contributed by atoms with E-state index in [0.29, 0.717) is 5.56 Å². The average Bonchev–Trinajstić information content (AvgIpc) is 2.50. The Bertz CT molecular complexity index is 693. The molecule has 0 atom stereocenters. The first kappa shape index (κ1) is 16.4. The van der Waals surface area contributed by atoms with Crippen LogP contribution in [-0.2, 0) is 0 Å². The molecule has 4 heteroatoms. The van der Waals surface area contributed by atoms with Crippen molar-refractivity contribution in [2.45, 2.75) is 20.8 Å². The zero-order valence-electron chi connectivity index (χ0n) is 12.9. The molecule has 1 amide bonds. The first-order chi connectivity index (χ1) is 10.5. The maximum atomic E-state index is 12.2. The summed E-state index contributed by atoms with van der Waals surface area (Å²) in [5.41, 5.74) is 6.20. The zero-order chi connectivity index (χ0) is 16.1. The van der Waals surface area contributed by atoms with Crippen molar-refractivity contribution in [1.29, 1.82) is 0 Å². The Balaban J connectivity index is 2.20. The van der Waals surface area contributed by atoms with Gasteiger partial charge < -0.3 is 0 Å². The predicted molar refractivity (Wildman–Crippen MR) is 94.2 cm³/mol. The number of hydrogen-bond donors (Lipinski definition) is 1. The number of hydrogen-bond acceptors (Lipinski definition) is 2. The standard InChI is InChI=1S/C18H19BrN2O/c1-12(2)17(14-7-5-4-6-8-14)20-21-18(22)15-10-9-13(3)16(19)11-15/h4-12H,1-3H3,(H,21,22)/b20-17+. The van der Waals surface area contributed by atoms with Gasteiger partial charge in [-0.2, -0.15) is 5.10 Å². The largest absolute Gasteiger partial charge is 0.271 e. The van der Waals surface area contributed by atoms with Crippen molar-refractivity contribution in [3.8, 4) is 0 Å². The number of nitrogens with zero attached hydrogens (tertiary/aromatic N) is 1. The Kier molecular flexibility index (Phi) is 5.50. The molecule has 2 rings (SSSR count). The molecule has 114 valence electrons. The SMILES string of the molecule is Cc1ccc(C(=O)N/N=C(/c2ccccc2)C(C)C)cc1Br. The second kappa shape index (κ2) is 7.36. The Labute approximate surface area is 139 Å². The van der Waals surface area contributed by atoms with Gasteiger partial charge in [-0.15, -0.1) is 0 Å². The van der Waals surface area contributed by atoms with Crippen LogP contribution in [0.2, 0.25) is 0 Å². The molecule has 0 aromatic heterocycles. The number of benzene rings is 2. The molecule has 3 nitrogen and oxygen atoms in total. The third kappa shape index (κ3) is 4.04. The lowest BCUT2D eigenvalue weighted by Gasteiger charge is -2.11. The van der Waals surface area contributed by atoms with Gasteiger partial charge in [0.1, 0.15) is 0 Å². The number of carbonyl (C=O) groups is 1. The third-order valence-electron chi connectivity index (χ3n) is 3.33. The van der Waals surface area contributed by atoms with Gasteiger partial charge in [-0.1, -0.05) is 66.2 Å². The van der Waals surface area contributed by atoms with E-state index in [1.807, 2.05) is 43.3 Å². The number of amides is 1. The molecule has 2 aromatic rings. The minimum atomic E-state index is -0.213. The second-order valence-corrected chi connectivity index (χ2v) is 6.28. The molecular formula is C18H19BrN2O. The molecule has 0 saturated heterocycles. The molecule has 0 saturated carbocycles. The lowest BCUT2D eigenvalue weighted by Crippen LogP contribution is -2.22. The minimum absolute atomic E-state index is 0.213. The molecule has 0 aliphatic heterocycles. The van der Waals surface area contributed by atoms with Crippen LogP contribution in [0.15, 0.2) is 58.1 Å². The van der Waals surface area contributed by atoms with E-state index in [1.165, 1.54) is 0 Å². The Morgan fingerprint density at radius 2 is 1.77 bits per heavy atom. The number of halogens is 1. The van der Waals surface area contributed by atoms with Crippen molar-refractivity contribution < 1.29 is 4.79 Å². The van der Waals surface area contributed by atoms with Crippen LogP contribution in [0.5, 0.6) is 0 Å². The number of nitrogens with one attached hydrogen (secondary N) is 1. The van der Waals surface area contributed by atoms with Gasteiger partial charge in [0.15, 0.2) is 0 Å². The summed E-state index contributed by atoms with van der Waals surface area (Å²) in [4.78, 5) is 12.2. The van der Waals surface area contributed by atoms with Gasteiger partial charge in [0.05, 0.1) is 5.71 Å². The number of carbonyl (C=O) groups excluding carboxylic acids is 1. The zero-order valence-corrected chi connectivity index (χ0v) is 14.5. The molecule has 2 aromatic carbocycles. The Morgan fingerprint density at radius 3 is 2.36 bits per heavy atom. The lowest BCUT2D eigenvalue weighted by atomic mass is 10.0. The van der Waals surface area contributed by atoms with Crippen LogP contribution in [-0.4, -0.2) is 11.6 Å². The van der Waals surface area contributed by atoms with Crippen LogP contribution < -0.4 is 5.43 Å². The van der Waals surface area contributed by atoms with E-state index in [2.05, 4.69) is 40.3 Å². The van der Waals surface area contributed by atoms with E-state index >= 15 is 0 Å². The molecule has 0 spiro atoms. The summed E-state index contributed by atoms with van der Waals surface area (Å²) in [5, 5.41) is 4.32. The minimum Gasteiger partial charge on any atom is -0.267 e.